The summed E-state index contributed by atoms with van der Waals surface area (Å²) in [5.41, 5.74) is 1.02. The van der Waals surface area contributed by atoms with E-state index in [0.717, 1.165) is 18.3 Å². The maximum atomic E-state index is 13.5. The quantitative estimate of drug-likeness (QED) is 0.195. The Kier molecular flexibility index (Phi) is 10.0. The predicted octanol–water partition coefficient (Wildman–Crippen LogP) is 7.53. The highest BCUT2D eigenvalue weighted by molar-refractivity contribution is 6.58. The van der Waals surface area contributed by atoms with Crippen molar-refractivity contribution in [2.75, 3.05) is 0 Å². The summed E-state index contributed by atoms with van der Waals surface area (Å²) >= 11 is 0. The van der Waals surface area contributed by atoms with Crippen LogP contribution < -0.4 is 0 Å². The second kappa shape index (κ2) is 12.5. The van der Waals surface area contributed by atoms with Gasteiger partial charge in [-0.25, -0.2) is 13.2 Å². The Morgan fingerprint density at radius 1 is 0.867 bits per heavy atom. The molecule has 2 heterocycles. The van der Waals surface area contributed by atoms with E-state index in [1.54, 1.807) is 18.1 Å². The molecule has 0 amide bonds. The lowest BCUT2D eigenvalue weighted by atomic mass is 9.91. The number of hydrogen-bond acceptors (Lipinski definition) is 0. The Morgan fingerprint density at radius 2 is 1.53 bits per heavy atom. The zero-order valence-corrected chi connectivity index (χ0v) is 21.5. The van der Waals surface area contributed by atoms with E-state index in [0.29, 0.717) is 11.1 Å². The fourth-order valence-corrected chi connectivity index (χ4v) is 12.1. The summed E-state index contributed by atoms with van der Waals surface area (Å²) < 4.78 is 40.2. The standard InChI is InChI=1S/C25H41F3Si2/c1-2-3-6-13-30-14-11-19(12-15-30)7-4-5-8-20-9-10-24(29-18-20)21-16-22(26)25(28)23(27)17-21/h16-17,19-20,24,30H,2-15,18,29H2,1H3/t19?,20-,24+,30?/m1/s1. The van der Waals surface area contributed by atoms with Gasteiger partial charge in [0.15, 0.2) is 17.5 Å². The number of rotatable bonds is 10. The molecule has 0 saturated carbocycles. The molecule has 5 heteroatoms. The first-order valence-corrected chi connectivity index (χ1v) is 17.0. The zero-order valence-electron chi connectivity index (χ0n) is 18.9. The summed E-state index contributed by atoms with van der Waals surface area (Å²) in [7, 11) is -0.752. The van der Waals surface area contributed by atoms with Gasteiger partial charge in [-0.1, -0.05) is 95.3 Å². The Balaban J connectivity index is 1.27. The van der Waals surface area contributed by atoms with E-state index in [-0.39, 0.29) is 18.3 Å². The summed E-state index contributed by atoms with van der Waals surface area (Å²) in [4.78, 5) is 0. The van der Waals surface area contributed by atoms with Crippen molar-refractivity contribution in [1.82, 2.24) is 0 Å². The lowest BCUT2D eigenvalue weighted by molar-refractivity contribution is 0.383. The molecule has 2 aliphatic heterocycles. The number of unbranched alkanes of at least 4 members (excludes halogenated alkanes) is 3. The van der Waals surface area contributed by atoms with E-state index in [1.165, 1.54) is 82.4 Å². The normalized spacial score (nSPS) is 28.1. The molecule has 0 aliphatic carbocycles. The topological polar surface area (TPSA) is 0 Å². The van der Waals surface area contributed by atoms with E-state index in [9.17, 15) is 13.2 Å². The van der Waals surface area contributed by atoms with Crippen LogP contribution in [0.2, 0.25) is 24.2 Å². The minimum atomic E-state index is -1.33. The molecule has 0 bridgehead atoms. The van der Waals surface area contributed by atoms with Gasteiger partial charge >= 0.3 is 0 Å². The largest absolute Gasteiger partial charge is 0.204 e. The van der Waals surface area contributed by atoms with Crippen LogP contribution in [0.4, 0.5) is 13.2 Å². The summed E-state index contributed by atoms with van der Waals surface area (Å²) in [5, 5.41) is 0. The molecule has 1 aromatic carbocycles. The molecular formula is C25H41F3Si2. The minimum Gasteiger partial charge on any atom is -0.204 e. The SMILES string of the molecule is CCCCC[SiH]1CCC(CCCC[C@@H]2CC[C@@H](c3cc(F)c(F)c(F)c3)[SiH2]C2)CC1. The molecule has 0 spiro atoms. The van der Waals surface area contributed by atoms with Crippen molar-refractivity contribution in [2.45, 2.75) is 107 Å². The van der Waals surface area contributed by atoms with Gasteiger partial charge in [-0.3, -0.25) is 0 Å². The van der Waals surface area contributed by atoms with Crippen molar-refractivity contribution < 1.29 is 13.2 Å². The van der Waals surface area contributed by atoms with Gasteiger partial charge in [0.1, 0.15) is 0 Å². The Bertz CT molecular complexity index is 612. The first kappa shape index (κ1) is 24.1. The molecule has 3 rings (SSSR count). The predicted molar refractivity (Wildman–Crippen MR) is 127 cm³/mol. The van der Waals surface area contributed by atoms with Gasteiger partial charge < -0.3 is 0 Å². The molecule has 0 radical (unpaired) electrons. The molecule has 2 aliphatic rings. The third kappa shape index (κ3) is 7.25. The first-order valence-electron chi connectivity index (χ1n) is 12.7. The van der Waals surface area contributed by atoms with Crippen molar-refractivity contribution in [2.24, 2.45) is 11.8 Å². The lowest BCUT2D eigenvalue weighted by Gasteiger charge is -2.29. The van der Waals surface area contributed by atoms with Crippen LogP contribution in [0.3, 0.4) is 0 Å². The fourth-order valence-electron chi connectivity index (χ4n) is 5.95. The smallest absolute Gasteiger partial charge is 0.194 e. The first-order chi connectivity index (χ1) is 14.6. The Morgan fingerprint density at radius 3 is 2.13 bits per heavy atom. The van der Waals surface area contributed by atoms with Gasteiger partial charge in [-0.15, -0.1) is 0 Å². The zero-order chi connectivity index (χ0) is 21.3. The van der Waals surface area contributed by atoms with Crippen LogP contribution in [0.5, 0.6) is 0 Å². The van der Waals surface area contributed by atoms with Crippen LogP contribution in [-0.4, -0.2) is 18.3 Å². The molecule has 0 unspecified atom stereocenters. The Labute approximate surface area is 185 Å². The van der Waals surface area contributed by atoms with Crippen LogP contribution in [0.25, 0.3) is 0 Å². The molecular weight excluding hydrogens is 413 g/mol. The highest BCUT2D eigenvalue weighted by Gasteiger charge is 2.25. The Hall–Kier alpha value is -0.556. The molecule has 0 nitrogen and oxygen atoms in total. The summed E-state index contributed by atoms with van der Waals surface area (Å²) in [6.45, 7) is 2.31. The highest BCUT2D eigenvalue weighted by atomic mass is 28.3. The van der Waals surface area contributed by atoms with Gasteiger partial charge in [0.05, 0.1) is 0 Å². The van der Waals surface area contributed by atoms with Crippen LogP contribution >= 0.6 is 0 Å². The van der Waals surface area contributed by atoms with Crippen LogP contribution in [-0.2, 0) is 0 Å². The van der Waals surface area contributed by atoms with Crippen molar-refractivity contribution >= 4 is 18.3 Å². The average molecular weight is 455 g/mol. The molecule has 2 fully saturated rings. The second-order valence-corrected chi connectivity index (χ2v) is 15.8. The van der Waals surface area contributed by atoms with E-state index in [2.05, 4.69) is 6.92 Å². The van der Waals surface area contributed by atoms with Crippen LogP contribution in [0.15, 0.2) is 12.1 Å². The molecule has 0 N–H and O–H groups in total. The van der Waals surface area contributed by atoms with Crippen molar-refractivity contribution in [3.05, 3.63) is 35.1 Å². The lowest BCUT2D eigenvalue weighted by Crippen LogP contribution is -2.21. The summed E-state index contributed by atoms with van der Waals surface area (Å²) in [6, 6.07) is 8.56. The molecule has 1 aromatic rings. The fraction of sp³-hybridized carbons (Fsp3) is 0.760. The summed E-state index contributed by atoms with van der Waals surface area (Å²) in [5.74, 6) is -1.56. The molecule has 170 valence electrons. The van der Waals surface area contributed by atoms with Crippen molar-refractivity contribution in [1.29, 1.82) is 0 Å². The third-order valence-electron chi connectivity index (χ3n) is 7.98. The van der Waals surface area contributed by atoms with Crippen LogP contribution in [0.1, 0.15) is 88.7 Å². The molecule has 0 aromatic heterocycles. The summed E-state index contributed by atoms with van der Waals surface area (Å²) in [6.07, 6.45) is 15.1. The average Bonchev–Trinajstić information content (AvgIpc) is 2.76. The maximum absolute atomic E-state index is 13.5. The van der Waals surface area contributed by atoms with Gasteiger partial charge in [0.25, 0.3) is 0 Å². The van der Waals surface area contributed by atoms with Crippen LogP contribution in [0, 0.1) is 29.3 Å². The van der Waals surface area contributed by atoms with E-state index >= 15 is 0 Å². The number of benzene rings is 1. The van der Waals surface area contributed by atoms with E-state index in [4.69, 9.17) is 0 Å². The van der Waals surface area contributed by atoms with Gasteiger partial charge in [0, 0.05) is 18.3 Å². The molecule has 2 saturated heterocycles. The van der Waals surface area contributed by atoms with E-state index in [1.807, 2.05) is 0 Å². The monoisotopic (exact) mass is 454 g/mol. The third-order valence-corrected chi connectivity index (χ3v) is 14.2. The van der Waals surface area contributed by atoms with Crippen molar-refractivity contribution in [3.8, 4) is 0 Å². The van der Waals surface area contributed by atoms with E-state index < -0.39 is 17.5 Å². The highest BCUT2D eigenvalue weighted by Crippen LogP contribution is 2.36. The minimum absolute atomic E-state index is 0.322. The van der Waals surface area contributed by atoms with Gasteiger partial charge in [-0.2, -0.15) is 0 Å². The van der Waals surface area contributed by atoms with Crippen molar-refractivity contribution in [3.63, 3.8) is 0 Å². The number of halogens is 3. The molecule has 2 atom stereocenters. The van der Waals surface area contributed by atoms with Gasteiger partial charge in [0.2, 0.25) is 0 Å². The molecule has 30 heavy (non-hydrogen) atoms. The van der Waals surface area contributed by atoms with Gasteiger partial charge in [-0.05, 0) is 41.5 Å². The second-order valence-electron chi connectivity index (χ2n) is 10.2. The number of hydrogen-bond donors (Lipinski definition) is 0. The maximum Gasteiger partial charge on any atom is 0.194 e.